The molecule has 2 aromatic rings. The molecule has 1 aliphatic heterocycles. The molecular formula is C18H18O2S. The predicted octanol–water partition coefficient (Wildman–Crippen LogP) is 4.81. The van der Waals surface area contributed by atoms with Crippen molar-refractivity contribution in [3.05, 3.63) is 72.3 Å². The Hall–Kier alpha value is -2.00. The predicted molar refractivity (Wildman–Crippen MR) is 88.4 cm³/mol. The van der Waals surface area contributed by atoms with E-state index in [4.69, 9.17) is 9.90 Å². The number of benzene rings is 2. The Morgan fingerprint density at radius 3 is 2.19 bits per heavy atom. The maximum atomic E-state index is 9.00. The van der Waals surface area contributed by atoms with E-state index in [-0.39, 0.29) is 4.75 Å². The summed E-state index contributed by atoms with van der Waals surface area (Å²) in [7, 11) is 0. The van der Waals surface area contributed by atoms with Gasteiger partial charge in [-0.05, 0) is 29.7 Å². The highest BCUT2D eigenvalue weighted by Crippen LogP contribution is 2.57. The lowest BCUT2D eigenvalue weighted by atomic mass is 9.89. The molecule has 0 saturated carbocycles. The van der Waals surface area contributed by atoms with Gasteiger partial charge in [0.25, 0.3) is 5.97 Å². The molecule has 0 saturated heterocycles. The molecule has 1 N–H and O–H groups in total. The van der Waals surface area contributed by atoms with Gasteiger partial charge in [-0.1, -0.05) is 55.1 Å². The number of thioether (sulfide) groups is 1. The molecule has 1 heterocycles. The van der Waals surface area contributed by atoms with Gasteiger partial charge in [0.2, 0.25) is 0 Å². The average Bonchev–Trinajstić information content (AvgIpc) is 2.73. The van der Waals surface area contributed by atoms with Gasteiger partial charge in [-0.15, -0.1) is 11.8 Å². The molecule has 0 amide bonds. The third kappa shape index (κ3) is 3.19. The fourth-order valence-corrected chi connectivity index (χ4v) is 3.71. The van der Waals surface area contributed by atoms with Crippen LogP contribution in [0, 0.1) is 0 Å². The highest BCUT2D eigenvalue weighted by Gasteiger charge is 2.38. The summed E-state index contributed by atoms with van der Waals surface area (Å²) in [6.07, 6.45) is 0. The van der Waals surface area contributed by atoms with Gasteiger partial charge in [-0.2, -0.15) is 0 Å². The zero-order valence-electron chi connectivity index (χ0n) is 12.2. The van der Waals surface area contributed by atoms with Crippen LogP contribution in [0.1, 0.15) is 25.0 Å². The maximum absolute atomic E-state index is 9.00. The van der Waals surface area contributed by atoms with Crippen LogP contribution in [-0.4, -0.2) is 11.1 Å². The minimum absolute atomic E-state index is 0.0229. The molecule has 2 aromatic carbocycles. The monoisotopic (exact) mass is 298 g/mol. The summed E-state index contributed by atoms with van der Waals surface area (Å²) in [5.41, 5.74) is 3.83. The van der Waals surface area contributed by atoms with Crippen molar-refractivity contribution in [2.45, 2.75) is 23.5 Å². The molecule has 21 heavy (non-hydrogen) atoms. The third-order valence-corrected chi connectivity index (χ3v) is 4.89. The Labute approximate surface area is 129 Å². The molecule has 2 nitrogen and oxygen atoms in total. The van der Waals surface area contributed by atoms with E-state index < -0.39 is 5.97 Å². The quantitative estimate of drug-likeness (QED) is 0.820. The SMILES string of the molecule is C=C1c2ccccc2SC1(C)c1ccccc1.CC(=O)O. The number of aliphatic carboxylic acids is 1. The molecule has 0 aromatic heterocycles. The van der Waals surface area contributed by atoms with E-state index in [1.54, 1.807) is 0 Å². The second kappa shape index (κ2) is 6.19. The largest absolute Gasteiger partial charge is 0.481 e. The lowest BCUT2D eigenvalue weighted by molar-refractivity contribution is -0.134. The van der Waals surface area contributed by atoms with Crippen LogP contribution in [0.4, 0.5) is 0 Å². The molecule has 108 valence electrons. The first kappa shape index (κ1) is 15.4. The van der Waals surface area contributed by atoms with Crippen LogP contribution in [0.3, 0.4) is 0 Å². The molecule has 1 unspecified atom stereocenters. The number of hydrogen-bond acceptors (Lipinski definition) is 2. The Kier molecular flexibility index (Phi) is 4.53. The molecule has 3 heteroatoms. The smallest absolute Gasteiger partial charge is 0.300 e. The molecule has 0 spiro atoms. The topological polar surface area (TPSA) is 37.3 Å². The zero-order valence-corrected chi connectivity index (χ0v) is 13.0. The van der Waals surface area contributed by atoms with E-state index in [2.05, 4.69) is 68.1 Å². The van der Waals surface area contributed by atoms with E-state index in [1.807, 2.05) is 11.8 Å². The van der Waals surface area contributed by atoms with Gasteiger partial charge < -0.3 is 5.11 Å². The summed E-state index contributed by atoms with van der Waals surface area (Å²) in [5.74, 6) is -0.833. The van der Waals surface area contributed by atoms with Crippen LogP contribution in [-0.2, 0) is 9.54 Å². The number of carbonyl (C=O) groups is 1. The van der Waals surface area contributed by atoms with Crippen LogP contribution in [0.5, 0.6) is 0 Å². The van der Waals surface area contributed by atoms with Gasteiger partial charge in [0.1, 0.15) is 0 Å². The summed E-state index contributed by atoms with van der Waals surface area (Å²) in [4.78, 5) is 10.3. The molecular weight excluding hydrogens is 280 g/mol. The molecule has 3 rings (SSSR count). The standard InChI is InChI=1S/C16H14S.C2H4O2/c1-12-14-10-6-7-11-15(14)17-16(12,2)13-8-4-3-5-9-13;1-2(3)4/h3-11H,1H2,2H3;1H3,(H,3,4). The summed E-state index contributed by atoms with van der Waals surface area (Å²) in [6.45, 7) is 7.65. The van der Waals surface area contributed by atoms with Crippen molar-refractivity contribution in [3.8, 4) is 0 Å². The fourth-order valence-electron chi connectivity index (χ4n) is 2.33. The Balaban J connectivity index is 0.000000361. The van der Waals surface area contributed by atoms with Gasteiger partial charge in [-0.25, -0.2) is 0 Å². The van der Waals surface area contributed by atoms with Crippen molar-refractivity contribution in [2.24, 2.45) is 0 Å². The van der Waals surface area contributed by atoms with Crippen molar-refractivity contribution >= 4 is 23.3 Å². The van der Waals surface area contributed by atoms with Crippen LogP contribution < -0.4 is 0 Å². The summed E-state index contributed by atoms with van der Waals surface area (Å²) < 4.78 is -0.0229. The minimum Gasteiger partial charge on any atom is -0.481 e. The molecule has 0 bridgehead atoms. The normalized spacial score (nSPS) is 19.4. The number of carboxylic acids is 1. The van der Waals surface area contributed by atoms with E-state index in [0.29, 0.717) is 0 Å². The third-order valence-electron chi connectivity index (χ3n) is 3.43. The Morgan fingerprint density at radius 2 is 1.62 bits per heavy atom. The minimum atomic E-state index is -0.833. The first-order chi connectivity index (χ1) is 9.95. The summed E-state index contributed by atoms with van der Waals surface area (Å²) >= 11 is 1.90. The van der Waals surface area contributed by atoms with Crippen molar-refractivity contribution in [2.75, 3.05) is 0 Å². The lowest BCUT2D eigenvalue weighted by Crippen LogP contribution is -2.14. The second-order valence-electron chi connectivity index (χ2n) is 5.00. The molecule has 0 radical (unpaired) electrons. The van der Waals surface area contributed by atoms with E-state index >= 15 is 0 Å². The van der Waals surface area contributed by atoms with Gasteiger partial charge >= 0.3 is 0 Å². The zero-order chi connectivity index (χ0) is 15.5. The van der Waals surface area contributed by atoms with Crippen molar-refractivity contribution < 1.29 is 9.90 Å². The number of fused-ring (bicyclic) bond motifs is 1. The van der Waals surface area contributed by atoms with Gasteiger partial charge in [0, 0.05) is 11.8 Å². The maximum Gasteiger partial charge on any atom is 0.300 e. The average molecular weight is 298 g/mol. The molecule has 0 fully saturated rings. The summed E-state index contributed by atoms with van der Waals surface area (Å²) in [5, 5.41) is 7.42. The Morgan fingerprint density at radius 1 is 1.10 bits per heavy atom. The van der Waals surface area contributed by atoms with Gasteiger partial charge in [0.05, 0.1) is 4.75 Å². The molecule has 0 aliphatic carbocycles. The first-order valence-electron chi connectivity index (χ1n) is 6.68. The van der Waals surface area contributed by atoms with Crippen LogP contribution in [0.25, 0.3) is 5.57 Å². The lowest BCUT2D eigenvalue weighted by Gasteiger charge is -2.25. The number of hydrogen-bond donors (Lipinski definition) is 1. The molecule has 1 atom stereocenters. The first-order valence-corrected chi connectivity index (χ1v) is 7.49. The number of rotatable bonds is 1. The van der Waals surface area contributed by atoms with E-state index in [0.717, 1.165) is 6.92 Å². The fraction of sp³-hybridized carbons (Fsp3) is 0.167. The van der Waals surface area contributed by atoms with E-state index in [1.165, 1.54) is 21.6 Å². The summed E-state index contributed by atoms with van der Waals surface area (Å²) in [6, 6.07) is 19.1. The van der Waals surface area contributed by atoms with E-state index in [9.17, 15) is 0 Å². The van der Waals surface area contributed by atoms with Crippen molar-refractivity contribution in [1.82, 2.24) is 0 Å². The van der Waals surface area contributed by atoms with Gasteiger partial charge in [0.15, 0.2) is 0 Å². The van der Waals surface area contributed by atoms with Gasteiger partial charge in [-0.3, -0.25) is 4.79 Å². The Bertz CT molecular complexity index is 660. The van der Waals surface area contributed by atoms with Crippen molar-refractivity contribution in [1.29, 1.82) is 0 Å². The highest BCUT2D eigenvalue weighted by molar-refractivity contribution is 8.01. The molecule has 1 aliphatic rings. The number of carboxylic acid groups (broad SMARTS) is 1. The van der Waals surface area contributed by atoms with Crippen LogP contribution in [0.15, 0.2) is 66.1 Å². The second-order valence-corrected chi connectivity index (χ2v) is 6.46. The highest BCUT2D eigenvalue weighted by atomic mass is 32.2. The van der Waals surface area contributed by atoms with Crippen LogP contribution >= 0.6 is 11.8 Å². The van der Waals surface area contributed by atoms with Crippen LogP contribution in [0.2, 0.25) is 0 Å². The van der Waals surface area contributed by atoms with Crippen molar-refractivity contribution in [3.63, 3.8) is 0 Å².